The molecule has 8 nitrogen and oxygen atoms in total. The molecule has 0 atom stereocenters. The van der Waals surface area contributed by atoms with Gasteiger partial charge in [0.2, 0.25) is 5.91 Å². The van der Waals surface area contributed by atoms with E-state index < -0.39 is 5.97 Å². The van der Waals surface area contributed by atoms with Crippen LogP contribution in [0.1, 0.15) is 46.0 Å². The van der Waals surface area contributed by atoms with E-state index in [1.54, 1.807) is 17.6 Å². The number of nitriles is 1. The molecule has 0 amide bonds. The summed E-state index contributed by atoms with van der Waals surface area (Å²) in [5, 5.41) is 13.1. The standard InChI is InChI=1S/C21H19N5O3/c1-4-29-21(28)19-10-16(14(2)25(19)18-8-6-5-7-9-18)12-23-20-17(11-22)13-24-26(20)15(3)27/h5-10,12-13H,4H2,1-3H3/b23-12-. The summed E-state index contributed by atoms with van der Waals surface area (Å²) in [5.41, 5.74) is 2.76. The third kappa shape index (κ3) is 3.84. The predicted octanol–water partition coefficient (Wildman–Crippen LogP) is 3.44. The molecule has 29 heavy (non-hydrogen) atoms. The number of carbonyl (C=O) groups excluding carboxylic acids is 2. The molecular weight excluding hydrogens is 370 g/mol. The van der Waals surface area contributed by atoms with Crippen molar-refractivity contribution >= 4 is 23.9 Å². The van der Waals surface area contributed by atoms with Crippen LogP contribution in [0.2, 0.25) is 0 Å². The smallest absolute Gasteiger partial charge is 0.355 e. The third-order valence-corrected chi connectivity index (χ3v) is 4.27. The average molecular weight is 389 g/mol. The van der Waals surface area contributed by atoms with Crippen LogP contribution in [0, 0.1) is 18.3 Å². The summed E-state index contributed by atoms with van der Waals surface area (Å²) in [6.07, 6.45) is 2.80. The predicted molar refractivity (Wildman–Crippen MR) is 107 cm³/mol. The summed E-state index contributed by atoms with van der Waals surface area (Å²) in [6.45, 7) is 5.19. The first kappa shape index (κ1) is 19.8. The first-order chi connectivity index (χ1) is 14.0. The molecule has 0 bridgehead atoms. The van der Waals surface area contributed by atoms with Gasteiger partial charge >= 0.3 is 5.97 Å². The highest BCUT2D eigenvalue weighted by Crippen LogP contribution is 2.23. The highest BCUT2D eigenvalue weighted by molar-refractivity contribution is 5.94. The average Bonchev–Trinajstić information content (AvgIpc) is 3.28. The lowest BCUT2D eigenvalue weighted by Crippen LogP contribution is -2.11. The molecule has 3 aromatic rings. The number of rotatable bonds is 5. The van der Waals surface area contributed by atoms with Gasteiger partial charge in [-0.1, -0.05) is 18.2 Å². The Kier molecular flexibility index (Phi) is 5.69. The molecule has 2 aromatic heterocycles. The van der Waals surface area contributed by atoms with E-state index in [2.05, 4.69) is 10.1 Å². The maximum atomic E-state index is 12.5. The van der Waals surface area contributed by atoms with Gasteiger partial charge in [0.25, 0.3) is 0 Å². The van der Waals surface area contributed by atoms with Gasteiger partial charge in [-0.05, 0) is 32.0 Å². The molecule has 8 heteroatoms. The molecule has 1 aromatic carbocycles. The first-order valence-electron chi connectivity index (χ1n) is 8.96. The van der Waals surface area contributed by atoms with Crippen LogP contribution >= 0.6 is 0 Å². The van der Waals surface area contributed by atoms with E-state index >= 15 is 0 Å². The Hall–Kier alpha value is -3.99. The molecule has 0 saturated carbocycles. The zero-order valence-corrected chi connectivity index (χ0v) is 16.3. The number of ether oxygens (including phenoxy) is 1. The number of aliphatic imine (C=N–C) groups is 1. The van der Waals surface area contributed by atoms with Crippen molar-refractivity contribution in [3.8, 4) is 11.8 Å². The van der Waals surface area contributed by atoms with Gasteiger partial charge in [-0.3, -0.25) is 4.79 Å². The van der Waals surface area contributed by atoms with Crippen molar-refractivity contribution in [3.05, 3.63) is 65.1 Å². The Balaban J connectivity index is 2.11. The molecule has 0 spiro atoms. The quantitative estimate of drug-likeness (QED) is 0.491. The van der Waals surface area contributed by atoms with E-state index in [1.807, 2.05) is 43.3 Å². The van der Waals surface area contributed by atoms with Gasteiger partial charge in [0.15, 0.2) is 5.82 Å². The fraction of sp³-hybridized carbons (Fsp3) is 0.190. The second-order valence-corrected chi connectivity index (χ2v) is 6.14. The van der Waals surface area contributed by atoms with Gasteiger partial charge in [-0.15, -0.1) is 0 Å². The topological polar surface area (TPSA) is 102 Å². The summed E-state index contributed by atoms with van der Waals surface area (Å²) >= 11 is 0. The van der Waals surface area contributed by atoms with Crippen molar-refractivity contribution in [2.45, 2.75) is 20.8 Å². The maximum absolute atomic E-state index is 12.5. The number of nitrogens with zero attached hydrogens (tertiary/aromatic N) is 5. The van der Waals surface area contributed by atoms with E-state index in [0.717, 1.165) is 16.1 Å². The summed E-state index contributed by atoms with van der Waals surface area (Å²) in [4.78, 5) is 28.5. The van der Waals surface area contributed by atoms with Gasteiger partial charge in [0.1, 0.15) is 17.3 Å². The maximum Gasteiger partial charge on any atom is 0.355 e. The van der Waals surface area contributed by atoms with Crippen molar-refractivity contribution in [1.82, 2.24) is 14.3 Å². The van der Waals surface area contributed by atoms with Crippen LogP contribution < -0.4 is 0 Å². The molecule has 0 N–H and O–H groups in total. The number of carbonyl (C=O) groups is 2. The van der Waals surface area contributed by atoms with Crippen molar-refractivity contribution in [2.75, 3.05) is 6.61 Å². The zero-order valence-electron chi connectivity index (χ0n) is 16.3. The fourth-order valence-corrected chi connectivity index (χ4v) is 2.93. The summed E-state index contributed by atoms with van der Waals surface area (Å²) < 4.78 is 8.03. The van der Waals surface area contributed by atoms with Gasteiger partial charge in [-0.2, -0.15) is 15.0 Å². The van der Waals surface area contributed by atoms with Gasteiger partial charge in [-0.25, -0.2) is 9.79 Å². The van der Waals surface area contributed by atoms with E-state index in [0.29, 0.717) is 11.3 Å². The molecule has 2 heterocycles. The zero-order chi connectivity index (χ0) is 21.0. The number of para-hydroxylation sites is 1. The second kappa shape index (κ2) is 8.35. The fourth-order valence-electron chi connectivity index (χ4n) is 2.93. The van der Waals surface area contributed by atoms with Crippen LogP contribution in [0.25, 0.3) is 5.69 Å². The Bertz CT molecular complexity index is 1130. The lowest BCUT2D eigenvalue weighted by molar-refractivity contribution is 0.0516. The Morgan fingerprint density at radius 2 is 2.03 bits per heavy atom. The molecule has 0 aliphatic heterocycles. The van der Waals surface area contributed by atoms with Gasteiger partial charge in [0.05, 0.1) is 12.8 Å². The molecule has 0 fully saturated rings. The number of hydrogen-bond donors (Lipinski definition) is 0. The molecule has 0 unspecified atom stereocenters. The lowest BCUT2D eigenvalue weighted by Gasteiger charge is -2.11. The van der Waals surface area contributed by atoms with Crippen LogP contribution in [0.5, 0.6) is 0 Å². The molecule has 146 valence electrons. The van der Waals surface area contributed by atoms with E-state index in [1.165, 1.54) is 19.3 Å². The Labute approximate surface area is 167 Å². The number of esters is 1. The van der Waals surface area contributed by atoms with Crippen LogP contribution in [0.3, 0.4) is 0 Å². The van der Waals surface area contributed by atoms with Gasteiger partial charge in [0, 0.05) is 30.1 Å². The second-order valence-electron chi connectivity index (χ2n) is 6.14. The van der Waals surface area contributed by atoms with Crippen LogP contribution in [-0.4, -0.2) is 39.0 Å². The third-order valence-electron chi connectivity index (χ3n) is 4.27. The lowest BCUT2D eigenvalue weighted by atomic mass is 10.2. The summed E-state index contributed by atoms with van der Waals surface area (Å²) in [5.74, 6) is -0.667. The van der Waals surface area contributed by atoms with Crippen molar-refractivity contribution in [2.24, 2.45) is 4.99 Å². The number of hydrogen-bond acceptors (Lipinski definition) is 6. The van der Waals surface area contributed by atoms with Crippen LogP contribution in [0.15, 0.2) is 47.6 Å². The molecular formula is C21H19N5O3. The molecule has 0 aliphatic rings. The van der Waals surface area contributed by atoms with E-state index in [9.17, 15) is 14.9 Å². The highest BCUT2D eigenvalue weighted by atomic mass is 16.5. The molecule has 0 radical (unpaired) electrons. The van der Waals surface area contributed by atoms with Crippen LogP contribution in [0.4, 0.5) is 5.82 Å². The SMILES string of the molecule is CCOC(=O)c1cc(/C=N\c2c(C#N)cnn2C(C)=O)c(C)n1-c1ccccc1. The normalized spacial score (nSPS) is 10.8. The van der Waals surface area contributed by atoms with Crippen molar-refractivity contribution in [3.63, 3.8) is 0 Å². The summed E-state index contributed by atoms with van der Waals surface area (Å²) in [6, 6.07) is 13.1. The molecule has 0 aliphatic carbocycles. The van der Waals surface area contributed by atoms with E-state index in [-0.39, 0.29) is 23.9 Å². The van der Waals surface area contributed by atoms with Crippen LogP contribution in [-0.2, 0) is 4.74 Å². The molecule has 0 saturated heterocycles. The minimum atomic E-state index is -0.453. The van der Waals surface area contributed by atoms with Crippen molar-refractivity contribution in [1.29, 1.82) is 5.26 Å². The largest absolute Gasteiger partial charge is 0.461 e. The monoisotopic (exact) mass is 389 g/mol. The van der Waals surface area contributed by atoms with Crippen molar-refractivity contribution < 1.29 is 14.3 Å². The Morgan fingerprint density at radius 1 is 1.31 bits per heavy atom. The van der Waals surface area contributed by atoms with Gasteiger partial charge < -0.3 is 9.30 Å². The Morgan fingerprint density at radius 3 is 2.66 bits per heavy atom. The molecule has 3 rings (SSSR count). The first-order valence-corrected chi connectivity index (χ1v) is 8.96. The number of aromatic nitrogens is 3. The highest BCUT2D eigenvalue weighted by Gasteiger charge is 2.20. The van der Waals surface area contributed by atoms with E-state index in [4.69, 9.17) is 4.74 Å². The minimum absolute atomic E-state index is 0.143. The summed E-state index contributed by atoms with van der Waals surface area (Å²) in [7, 11) is 0. The number of benzene rings is 1. The minimum Gasteiger partial charge on any atom is -0.461 e.